The molecule has 24 heavy (non-hydrogen) atoms. The highest BCUT2D eigenvalue weighted by Crippen LogP contribution is 2.12. The van der Waals surface area contributed by atoms with Crippen molar-refractivity contribution >= 4 is 17.6 Å². The lowest BCUT2D eigenvalue weighted by atomic mass is 10.1. The van der Waals surface area contributed by atoms with Crippen molar-refractivity contribution in [2.24, 2.45) is 0 Å². The van der Waals surface area contributed by atoms with Gasteiger partial charge in [0.1, 0.15) is 17.5 Å². The summed E-state index contributed by atoms with van der Waals surface area (Å²) in [6, 6.07) is 5.31. The molecule has 0 radical (unpaired) electrons. The Labute approximate surface area is 137 Å². The van der Waals surface area contributed by atoms with E-state index in [1.807, 2.05) is 0 Å². The maximum Gasteiger partial charge on any atom is 0.254 e. The van der Waals surface area contributed by atoms with Crippen molar-refractivity contribution in [3.05, 3.63) is 47.3 Å². The summed E-state index contributed by atoms with van der Waals surface area (Å²) >= 11 is 0. The molecule has 0 unspecified atom stereocenters. The molecule has 0 saturated carbocycles. The maximum absolute atomic E-state index is 13.0. The van der Waals surface area contributed by atoms with Crippen molar-refractivity contribution in [2.45, 2.75) is 6.92 Å². The van der Waals surface area contributed by atoms with Crippen LogP contribution in [-0.4, -0.2) is 62.2 Å². The second-order valence-electron chi connectivity index (χ2n) is 5.41. The van der Waals surface area contributed by atoms with E-state index < -0.39 is 5.82 Å². The first-order chi connectivity index (χ1) is 11.5. The molecule has 1 aromatic heterocycles. The molecule has 2 heterocycles. The van der Waals surface area contributed by atoms with E-state index in [0.717, 1.165) is 0 Å². The zero-order valence-corrected chi connectivity index (χ0v) is 13.0. The van der Waals surface area contributed by atoms with Gasteiger partial charge in [0.05, 0.1) is 6.54 Å². The Kier molecular flexibility index (Phi) is 4.07. The highest BCUT2D eigenvalue weighted by atomic mass is 19.1. The molecule has 9 heteroatoms. The van der Waals surface area contributed by atoms with Gasteiger partial charge < -0.3 is 9.80 Å². The average molecular weight is 329 g/mol. The Hall–Kier alpha value is -3.10. The number of carbonyl (C=O) groups is 1. The summed E-state index contributed by atoms with van der Waals surface area (Å²) in [5, 5.41) is 22.8. The third-order valence-corrected chi connectivity index (χ3v) is 3.73. The molecular formula is C15H16FN7O. The highest BCUT2D eigenvalue weighted by molar-refractivity contribution is 6.07. The first kappa shape index (κ1) is 15.8. The number of aromatic nitrogens is 3. The van der Waals surface area contributed by atoms with Crippen molar-refractivity contribution in [3.63, 3.8) is 0 Å². The largest absolute Gasteiger partial charge is 0.329 e. The molecule has 1 amide bonds. The van der Waals surface area contributed by atoms with Crippen molar-refractivity contribution in [1.82, 2.24) is 25.0 Å². The number of carbonyl (C=O) groups excluding carboxylic acids is 1. The second kappa shape index (κ2) is 6.19. The minimum atomic E-state index is -0.403. The summed E-state index contributed by atoms with van der Waals surface area (Å²) in [5.74, 6) is 0.313. The highest BCUT2D eigenvalue weighted by Gasteiger charge is 2.29. The van der Waals surface area contributed by atoms with Gasteiger partial charge in [-0.2, -0.15) is 5.10 Å². The first-order valence-electron chi connectivity index (χ1n) is 7.33. The van der Waals surface area contributed by atoms with Crippen LogP contribution < -0.4 is 0 Å². The zero-order valence-electron chi connectivity index (χ0n) is 13.0. The number of benzene rings is 1. The van der Waals surface area contributed by atoms with Gasteiger partial charge in [0.15, 0.2) is 11.7 Å². The molecule has 8 nitrogen and oxygen atoms in total. The fourth-order valence-electron chi connectivity index (χ4n) is 2.48. The first-order valence-corrected chi connectivity index (χ1v) is 7.33. The minimum Gasteiger partial charge on any atom is -0.329 e. The van der Waals surface area contributed by atoms with E-state index in [-0.39, 0.29) is 29.9 Å². The van der Waals surface area contributed by atoms with Gasteiger partial charge in [0, 0.05) is 18.7 Å². The Morgan fingerprint density at radius 3 is 2.58 bits per heavy atom. The van der Waals surface area contributed by atoms with Gasteiger partial charge in [-0.3, -0.25) is 20.7 Å². The van der Waals surface area contributed by atoms with Gasteiger partial charge >= 0.3 is 0 Å². The molecule has 0 spiro atoms. The van der Waals surface area contributed by atoms with Crippen molar-refractivity contribution < 1.29 is 9.18 Å². The van der Waals surface area contributed by atoms with Crippen LogP contribution in [0.2, 0.25) is 0 Å². The number of aromatic amines is 1. The summed E-state index contributed by atoms with van der Waals surface area (Å²) in [7, 11) is 0. The smallest absolute Gasteiger partial charge is 0.254 e. The van der Waals surface area contributed by atoms with Crippen molar-refractivity contribution in [3.8, 4) is 0 Å². The standard InChI is InChI=1S/C15H16FN7O/c1-9-19-14(21-20-9)13(18)23-7-6-22(8-12(23)17)15(24)10-2-4-11(16)5-3-10/h2-5,17-18H,6-8H2,1H3,(H,19,20,21). The number of aryl methyl sites for hydroxylation is 1. The molecule has 1 fully saturated rings. The fraction of sp³-hybridized carbons (Fsp3) is 0.267. The monoisotopic (exact) mass is 329 g/mol. The van der Waals surface area contributed by atoms with E-state index in [4.69, 9.17) is 10.8 Å². The number of halogens is 1. The topological polar surface area (TPSA) is 113 Å². The van der Waals surface area contributed by atoms with Crippen molar-refractivity contribution in [1.29, 1.82) is 10.8 Å². The molecule has 1 aromatic carbocycles. The van der Waals surface area contributed by atoms with Gasteiger partial charge in [-0.1, -0.05) is 0 Å². The van der Waals surface area contributed by atoms with Crippen LogP contribution in [-0.2, 0) is 0 Å². The normalized spacial score (nSPS) is 14.8. The van der Waals surface area contributed by atoms with Crippen molar-refractivity contribution in [2.75, 3.05) is 19.6 Å². The Balaban J connectivity index is 1.69. The lowest BCUT2D eigenvalue weighted by molar-refractivity contribution is 0.0757. The molecule has 1 aliphatic rings. The van der Waals surface area contributed by atoms with E-state index in [0.29, 0.717) is 24.5 Å². The molecule has 0 atom stereocenters. The number of amides is 1. The van der Waals surface area contributed by atoms with Gasteiger partial charge in [-0.05, 0) is 31.2 Å². The number of rotatable bonds is 2. The molecule has 124 valence electrons. The molecule has 0 aliphatic carbocycles. The summed E-state index contributed by atoms with van der Waals surface area (Å²) in [4.78, 5) is 19.5. The van der Waals surface area contributed by atoms with E-state index in [1.165, 1.54) is 34.1 Å². The number of nitrogens with zero attached hydrogens (tertiary/aromatic N) is 4. The van der Waals surface area contributed by atoms with Crippen LogP contribution >= 0.6 is 0 Å². The fourth-order valence-corrected chi connectivity index (χ4v) is 2.48. The number of piperazine rings is 1. The van der Waals surface area contributed by atoms with Crippen LogP contribution in [0.3, 0.4) is 0 Å². The lowest BCUT2D eigenvalue weighted by Gasteiger charge is -2.35. The van der Waals surface area contributed by atoms with Crippen LogP contribution in [0.5, 0.6) is 0 Å². The third-order valence-electron chi connectivity index (χ3n) is 3.73. The van der Waals surface area contributed by atoms with E-state index in [2.05, 4.69) is 15.2 Å². The minimum absolute atomic E-state index is 0.0504. The van der Waals surface area contributed by atoms with Gasteiger partial charge in [0.2, 0.25) is 0 Å². The quantitative estimate of drug-likeness (QED) is 0.564. The van der Waals surface area contributed by atoms with E-state index in [9.17, 15) is 9.18 Å². The predicted molar refractivity (Wildman–Crippen MR) is 84.7 cm³/mol. The number of nitrogens with one attached hydrogen (secondary N) is 3. The average Bonchev–Trinajstić information content (AvgIpc) is 3.01. The Bertz CT molecular complexity index is 798. The van der Waals surface area contributed by atoms with E-state index >= 15 is 0 Å². The lowest BCUT2D eigenvalue weighted by Crippen LogP contribution is -2.54. The van der Waals surface area contributed by atoms with Gasteiger partial charge in [-0.25, -0.2) is 9.37 Å². The van der Waals surface area contributed by atoms with E-state index in [1.54, 1.807) is 6.92 Å². The number of hydrogen-bond acceptors (Lipinski definition) is 5. The molecule has 3 rings (SSSR count). The number of amidine groups is 2. The maximum atomic E-state index is 13.0. The summed E-state index contributed by atoms with van der Waals surface area (Å²) in [5.41, 5.74) is 0.374. The molecule has 2 aromatic rings. The summed E-state index contributed by atoms with van der Waals surface area (Å²) in [6.07, 6.45) is 0. The zero-order chi connectivity index (χ0) is 17.3. The molecular weight excluding hydrogens is 313 g/mol. The van der Waals surface area contributed by atoms with Crippen LogP contribution in [0.4, 0.5) is 4.39 Å². The predicted octanol–water partition coefficient (Wildman–Crippen LogP) is 1.01. The van der Waals surface area contributed by atoms with Crippen LogP contribution in [0.1, 0.15) is 22.0 Å². The molecule has 1 aliphatic heterocycles. The summed E-state index contributed by atoms with van der Waals surface area (Å²) < 4.78 is 13.0. The van der Waals surface area contributed by atoms with Gasteiger partial charge in [0.25, 0.3) is 5.91 Å². The van der Waals surface area contributed by atoms with Crippen LogP contribution in [0, 0.1) is 23.6 Å². The SMILES string of the molecule is Cc1n[nH]c(C(=N)N2CCN(C(=O)c3ccc(F)cc3)CC2=N)n1. The number of H-pyrrole nitrogens is 1. The Morgan fingerprint density at radius 1 is 1.29 bits per heavy atom. The Morgan fingerprint density at radius 2 is 2.00 bits per heavy atom. The second-order valence-corrected chi connectivity index (χ2v) is 5.41. The number of hydrogen-bond donors (Lipinski definition) is 3. The third kappa shape index (κ3) is 3.00. The summed E-state index contributed by atoms with van der Waals surface area (Å²) in [6.45, 7) is 2.45. The molecule has 3 N–H and O–H groups in total. The van der Waals surface area contributed by atoms with Gasteiger partial charge in [-0.15, -0.1) is 0 Å². The van der Waals surface area contributed by atoms with Crippen LogP contribution in [0.25, 0.3) is 0 Å². The van der Waals surface area contributed by atoms with Crippen LogP contribution in [0.15, 0.2) is 24.3 Å². The molecule has 0 bridgehead atoms. The molecule has 1 saturated heterocycles.